The van der Waals surface area contributed by atoms with Crippen LogP contribution < -0.4 is 15.8 Å². The molecule has 30 heavy (non-hydrogen) atoms. The van der Waals surface area contributed by atoms with E-state index in [4.69, 9.17) is 22.1 Å². The Labute approximate surface area is 175 Å². The van der Waals surface area contributed by atoms with Crippen LogP contribution in [0.3, 0.4) is 0 Å². The molecule has 0 radical (unpaired) electrons. The molecule has 0 fully saturated rings. The maximum atomic E-state index is 12.9. The van der Waals surface area contributed by atoms with Gasteiger partial charge in [0, 0.05) is 18.7 Å². The highest BCUT2D eigenvalue weighted by molar-refractivity contribution is 6.31. The molecule has 0 aliphatic rings. The summed E-state index contributed by atoms with van der Waals surface area (Å²) in [5.74, 6) is 0.711. The topological polar surface area (TPSA) is 93.0 Å². The summed E-state index contributed by atoms with van der Waals surface area (Å²) in [6.45, 7) is 0.264. The van der Waals surface area contributed by atoms with Gasteiger partial charge >= 0.3 is 6.18 Å². The van der Waals surface area contributed by atoms with E-state index in [1.165, 1.54) is 12.3 Å². The van der Waals surface area contributed by atoms with Crippen molar-refractivity contribution in [3.63, 3.8) is 0 Å². The first-order valence-electron chi connectivity index (χ1n) is 8.92. The van der Waals surface area contributed by atoms with Crippen LogP contribution in [0, 0.1) is 0 Å². The van der Waals surface area contributed by atoms with Crippen LogP contribution in [-0.4, -0.2) is 16.1 Å². The van der Waals surface area contributed by atoms with Crippen LogP contribution in [-0.2, 0) is 23.9 Å². The Morgan fingerprint density at radius 1 is 1.20 bits per heavy atom. The number of anilines is 1. The molecule has 3 rings (SSSR count). The number of nitrogens with zero attached hydrogens (tertiary/aromatic N) is 1. The lowest BCUT2D eigenvalue weighted by molar-refractivity contribution is -0.137. The van der Waals surface area contributed by atoms with Gasteiger partial charge in [0.1, 0.15) is 5.75 Å². The number of hydrogen-bond acceptors (Lipinski definition) is 4. The summed E-state index contributed by atoms with van der Waals surface area (Å²) in [4.78, 5) is 12.1. The molecule has 0 atom stereocenters. The number of aromatic nitrogens is 2. The molecule has 0 bridgehead atoms. The third-order valence-corrected chi connectivity index (χ3v) is 4.56. The lowest BCUT2D eigenvalue weighted by Gasteiger charge is -2.12. The van der Waals surface area contributed by atoms with Crippen molar-refractivity contribution in [3.8, 4) is 11.5 Å². The Morgan fingerprint density at radius 3 is 2.60 bits per heavy atom. The van der Waals surface area contributed by atoms with Gasteiger partial charge in [0.05, 0.1) is 22.5 Å². The van der Waals surface area contributed by atoms with Gasteiger partial charge in [-0.25, -0.2) is 0 Å². The number of aryl methyl sites for hydroxylation is 1. The molecular formula is C20H18ClF3N4O2. The first-order valence-corrected chi connectivity index (χ1v) is 9.30. The van der Waals surface area contributed by atoms with Gasteiger partial charge in [-0.15, -0.1) is 0 Å². The van der Waals surface area contributed by atoms with Crippen molar-refractivity contribution < 1.29 is 22.7 Å². The number of benzene rings is 2. The van der Waals surface area contributed by atoms with E-state index in [0.29, 0.717) is 23.6 Å². The molecule has 0 spiro atoms. The van der Waals surface area contributed by atoms with Gasteiger partial charge in [0.15, 0.2) is 5.75 Å². The smallest absolute Gasteiger partial charge is 0.417 e. The molecule has 0 saturated heterocycles. The summed E-state index contributed by atoms with van der Waals surface area (Å²) in [7, 11) is 0. The highest BCUT2D eigenvalue weighted by atomic mass is 35.5. The molecule has 1 amide bonds. The Hall–Kier alpha value is -3.04. The first kappa shape index (κ1) is 21.7. The zero-order valence-electron chi connectivity index (χ0n) is 15.6. The number of carbonyl (C=O) groups is 1. The monoisotopic (exact) mass is 438 g/mol. The zero-order chi connectivity index (χ0) is 21.7. The fourth-order valence-corrected chi connectivity index (χ4v) is 2.91. The molecule has 0 aliphatic heterocycles. The molecule has 3 aromatic rings. The van der Waals surface area contributed by atoms with E-state index in [1.807, 2.05) is 0 Å². The molecule has 10 heteroatoms. The van der Waals surface area contributed by atoms with Crippen LogP contribution in [0.5, 0.6) is 11.5 Å². The van der Waals surface area contributed by atoms with Gasteiger partial charge in [-0.3, -0.25) is 9.89 Å². The van der Waals surface area contributed by atoms with Gasteiger partial charge in [-0.1, -0.05) is 23.7 Å². The molecule has 1 aromatic heterocycles. The molecular weight excluding hydrogens is 421 g/mol. The Kier molecular flexibility index (Phi) is 6.63. The van der Waals surface area contributed by atoms with E-state index in [9.17, 15) is 18.0 Å². The van der Waals surface area contributed by atoms with Gasteiger partial charge < -0.3 is 15.8 Å². The lowest BCUT2D eigenvalue weighted by Crippen LogP contribution is -2.14. The van der Waals surface area contributed by atoms with Crippen molar-refractivity contribution in [2.24, 2.45) is 5.73 Å². The second-order valence-corrected chi connectivity index (χ2v) is 6.81. The molecule has 4 N–H and O–H groups in total. The Bertz CT molecular complexity index is 1020. The van der Waals surface area contributed by atoms with Crippen molar-refractivity contribution in [1.82, 2.24) is 10.2 Å². The second-order valence-electron chi connectivity index (χ2n) is 6.40. The second kappa shape index (κ2) is 9.19. The minimum atomic E-state index is -4.59. The number of hydrogen-bond donors (Lipinski definition) is 3. The van der Waals surface area contributed by atoms with Crippen LogP contribution in [0.1, 0.15) is 23.2 Å². The molecule has 158 valence electrons. The average molecular weight is 439 g/mol. The molecule has 0 unspecified atom stereocenters. The largest absolute Gasteiger partial charge is 0.454 e. The SMILES string of the molecule is NCc1[nH]ncc1Oc1ccc(CCC(=O)Nc2ccc(Cl)c(C(F)(F)F)c2)cc1. The number of ether oxygens (including phenoxy) is 1. The Morgan fingerprint density at radius 2 is 1.93 bits per heavy atom. The minimum absolute atomic E-state index is 0.0382. The van der Waals surface area contributed by atoms with Gasteiger partial charge in [-0.2, -0.15) is 18.3 Å². The van der Waals surface area contributed by atoms with Crippen LogP contribution in [0.25, 0.3) is 0 Å². The number of rotatable bonds is 7. The first-order chi connectivity index (χ1) is 14.3. The quantitative estimate of drug-likeness (QED) is 0.489. The van der Waals surface area contributed by atoms with Crippen LogP contribution in [0.4, 0.5) is 18.9 Å². The summed E-state index contributed by atoms with van der Waals surface area (Å²) in [6.07, 6.45) is -2.56. The molecule has 0 aliphatic carbocycles. The number of H-pyrrole nitrogens is 1. The maximum Gasteiger partial charge on any atom is 0.417 e. The van der Waals surface area contributed by atoms with Crippen LogP contribution in [0.15, 0.2) is 48.7 Å². The van der Waals surface area contributed by atoms with E-state index in [2.05, 4.69) is 15.5 Å². The summed E-state index contributed by atoms with van der Waals surface area (Å²) < 4.78 is 44.4. The summed E-state index contributed by atoms with van der Waals surface area (Å²) in [5, 5.41) is 8.65. The third-order valence-electron chi connectivity index (χ3n) is 4.23. The van der Waals surface area contributed by atoms with Crippen LogP contribution >= 0.6 is 11.6 Å². The number of nitrogens with two attached hydrogens (primary N) is 1. The van der Waals surface area contributed by atoms with E-state index in [1.54, 1.807) is 24.3 Å². The number of alkyl halides is 3. The van der Waals surface area contributed by atoms with Crippen molar-refractivity contribution >= 4 is 23.2 Å². The summed E-state index contributed by atoms with van der Waals surface area (Å²) in [6, 6.07) is 10.3. The molecule has 1 heterocycles. The number of carbonyl (C=O) groups excluding carboxylic acids is 1. The number of amides is 1. The van der Waals surface area contributed by atoms with Gasteiger partial charge in [0.25, 0.3) is 0 Å². The van der Waals surface area contributed by atoms with E-state index >= 15 is 0 Å². The van der Waals surface area contributed by atoms with E-state index in [0.717, 1.165) is 17.7 Å². The summed E-state index contributed by atoms with van der Waals surface area (Å²) in [5.41, 5.74) is 6.17. The normalized spacial score (nSPS) is 11.4. The maximum absolute atomic E-state index is 12.9. The Balaban J connectivity index is 1.55. The predicted octanol–water partition coefficient (Wildman–Crippen LogP) is 4.90. The van der Waals surface area contributed by atoms with Crippen molar-refractivity contribution in [1.29, 1.82) is 0 Å². The van der Waals surface area contributed by atoms with Crippen molar-refractivity contribution in [3.05, 3.63) is 70.5 Å². The number of nitrogens with one attached hydrogen (secondary N) is 2. The van der Waals surface area contributed by atoms with E-state index in [-0.39, 0.29) is 18.7 Å². The van der Waals surface area contributed by atoms with Gasteiger partial charge in [-0.05, 0) is 42.3 Å². The summed E-state index contributed by atoms with van der Waals surface area (Å²) >= 11 is 5.58. The third kappa shape index (κ3) is 5.52. The fraction of sp³-hybridized carbons (Fsp3) is 0.200. The van der Waals surface area contributed by atoms with Crippen molar-refractivity contribution in [2.75, 3.05) is 5.32 Å². The minimum Gasteiger partial charge on any atom is -0.454 e. The average Bonchev–Trinajstić information content (AvgIpc) is 3.15. The highest BCUT2D eigenvalue weighted by Gasteiger charge is 2.33. The van der Waals surface area contributed by atoms with Gasteiger partial charge in [0.2, 0.25) is 5.91 Å². The van der Waals surface area contributed by atoms with Crippen molar-refractivity contribution in [2.45, 2.75) is 25.6 Å². The lowest BCUT2D eigenvalue weighted by atomic mass is 10.1. The molecule has 0 saturated carbocycles. The zero-order valence-corrected chi connectivity index (χ0v) is 16.3. The number of aromatic amines is 1. The standard InChI is InChI=1S/C20H18ClF3N4O2/c21-16-7-4-13(9-15(16)20(22,23)24)27-19(29)8-3-12-1-5-14(6-2-12)30-18-11-26-28-17(18)10-25/h1-2,4-7,9,11H,3,8,10,25H2,(H,26,28)(H,27,29). The highest BCUT2D eigenvalue weighted by Crippen LogP contribution is 2.36. The molecule has 6 nitrogen and oxygen atoms in total. The van der Waals surface area contributed by atoms with E-state index < -0.39 is 22.7 Å². The fourth-order valence-electron chi connectivity index (χ4n) is 2.69. The van der Waals surface area contributed by atoms with Crippen LogP contribution in [0.2, 0.25) is 5.02 Å². The number of halogens is 4. The predicted molar refractivity (Wildman–Crippen MR) is 106 cm³/mol. The molecule has 2 aromatic carbocycles.